The highest BCUT2D eigenvalue weighted by Gasteiger charge is 2.15. The van der Waals surface area contributed by atoms with Gasteiger partial charge < -0.3 is 10.1 Å². The first-order valence-electron chi connectivity index (χ1n) is 6.88. The molecule has 0 bridgehead atoms. The third-order valence-electron chi connectivity index (χ3n) is 3.10. The molecule has 0 fully saturated rings. The Morgan fingerprint density at radius 3 is 2.46 bits per heavy atom. The molecule has 0 spiro atoms. The summed E-state index contributed by atoms with van der Waals surface area (Å²) in [4.78, 5) is 27.5. The third kappa shape index (κ3) is 4.05. The predicted molar refractivity (Wildman–Crippen MR) is 87.2 cm³/mol. The Morgan fingerprint density at radius 2 is 1.83 bits per heavy atom. The highest BCUT2D eigenvalue weighted by Crippen LogP contribution is 2.25. The number of carbonyl (C=O) groups excluding carboxylic acids is 2. The Hall–Kier alpha value is -3.46. The Kier molecular flexibility index (Phi) is 5.42. The molecule has 0 aliphatic carbocycles. The van der Waals surface area contributed by atoms with Gasteiger partial charge in [0.2, 0.25) is 5.69 Å². The number of esters is 1. The van der Waals surface area contributed by atoms with Crippen LogP contribution in [0.5, 0.6) is 0 Å². The molecule has 0 aliphatic rings. The second-order valence-corrected chi connectivity index (χ2v) is 4.67. The Morgan fingerprint density at radius 1 is 1.17 bits per heavy atom. The second kappa shape index (κ2) is 7.70. The maximum atomic E-state index is 12.9. The number of ether oxygens (including phenoxy) is 1. The number of carbonyl (C=O) groups is 2. The maximum Gasteiger partial charge on any atom is 0.354 e. The minimum atomic E-state index is -0.759. The summed E-state index contributed by atoms with van der Waals surface area (Å²) in [6.45, 7) is 7.12. The van der Waals surface area contributed by atoms with Gasteiger partial charge >= 0.3 is 5.97 Å². The zero-order chi connectivity index (χ0) is 17.5. The molecule has 0 saturated heterocycles. The number of anilines is 1. The first-order valence-corrected chi connectivity index (χ1v) is 6.88. The number of hydrogen-bond donors (Lipinski definition) is 1. The summed E-state index contributed by atoms with van der Waals surface area (Å²) in [5.74, 6) is -1.72. The molecule has 5 nitrogen and oxygen atoms in total. The second-order valence-electron chi connectivity index (χ2n) is 4.67. The monoisotopic (exact) mass is 324 g/mol. The molecule has 0 aromatic heterocycles. The first-order chi connectivity index (χ1) is 11.5. The summed E-state index contributed by atoms with van der Waals surface area (Å²) >= 11 is 0. The van der Waals surface area contributed by atoms with Crippen molar-refractivity contribution in [1.29, 1.82) is 0 Å². The third-order valence-corrected chi connectivity index (χ3v) is 3.10. The lowest BCUT2D eigenvalue weighted by Gasteiger charge is -2.10. The molecular formula is C18H13FN2O3. The fourth-order valence-electron chi connectivity index (χ4n) is 1.91. The lowest BCUT2D eigenvalue weighted by molar-refractivity contribution is -0.135. The van der Waals surface area contributed by atoms with E-state index in [1.165, 1.54) is 19.2 Å². The summed E-state index contributed by atoms with van der Waals surface area (Å²) in [5.41, 5.74) is 0.763. The van der Waals surface area contributed by atoms with Crippen molar-refractivity contribution in [1.82, 2.24) is 0 Å². The normalized spacial score (nSPS) is 10.6. The molecule has 24 heavy (non-hydrogen) atoms. The van der Waals surface area contributed by atoms with Gasteiger partial charge in [0.15, 0.2) is 5.78 Å². The number of ketones is 1. The quantitative estimate of drug-likeness (QED) is 0.394. The van der Waals surface area contributed by atoms with E-state index in [1.54, 1.807) is 24.3 Å². The van der Waals surface area contributed by atoms with Gasteiger partial charge in [0.05, 0.1) is 13.7 Å². The molecule has 2 aromatic rings. The topological polar surface area (TPSA) is 59.8 Å². The molecule has 0 atom stereocenters. The smallest absolute Gasteiger partial charge is 0.354 e. The van der Waals surface area contributed by atoms with Crippen molar-refractivity contribution in [2.75, 3.05) is 12.4 Å². The van der Waals surface area contributed by atoms with Crippen molar-refractivity contribution in [3.05, 3.63) is 83.1 Å². The summed E-state index contributed by atoms with van der Waals surface area (Å²) in [6.07, 6.45) is 1.06. The van der Waals surface area contributed by atoms with E-state index in [1.807, 2.05) is 0 Å². The van der Waals surface area contributed by atoms with Gasteiger partial charge in [-0.25, -0.2) is 14.0 Å². The van der Waals surface area contributed by atoms with Crippen LogP contribution in [-0.4, -0.2) is 18.9 Å². The number of nitrogens with zero attached hydrogens (tertiary/aromatic N) is 1. The van der Waals surface area contributed by atoms with E-state index in [9.17, 15) is 14.0 Å². The number of methoxy groups -OCH3 is 1. The first kappa shape index (κ1) is 16.9. The molecule has 0 amide bonds. The van der Waals surface area contributed by atoms with Crippen LogP contribution in [0.1, 0.15) is 10.4 Å². The molecule has 0 saturated carbocycles. The van der Waals surface area contributed by atoms with Gasteiger partial charge in [0.25, 0.3) is 0 Å². The SMILES string of the molecule is [C-]#[N+]c1ccccc1N/C(=C\C(=O)c1ccc(F)cc1)C(=O)OC. The Balaban J connectivity index is 2.34. The van der Waals surface area contributed by atoms with Crippen LogP contribution in [0.3, 0.4) is 0 Å². The number of nitrogens with one attached hydrogen (secondary N) is 1. The van der Waals surface area contributed by atoms with Crippen LogP contribution in [0.15, 0.2) is 60.3 Å². The van der Waals surface area contributed by atoms with Crippen molar-refractivity contribution in [3.8, 4) is 0 Å². The number of allylic oxidation sites excluding steroid dienone is 1. The van der Waals surface area contributed by atoms with E-state index in [0.29, 0.717) is 11.4 Å². The van der Waals surface area contributed by atoms with Crippen molar-refractivity contribution >= 4 is 23.1 Å². The molecule has 0 heterocycles. The highest BCUT2D eigenvalue weighted by molar-refractivity contribution is 6.09. The van der Waals surface area contributed by atoms with Gasteiger partial charge in [0, 0.05) is 17.3 Å². The summed E-state index contributed by atoms with van der Waals surface area (Å²) in [7, 11) is 1.18. The van der Waals surface area contributed by atoms with Crippen LogP contribution in [0.25, 0.3) is 4.85 Å². The summed E-state index contributed by atoms with van der Waals surface area (Å²) < 4.78 is 17.6. The van der Waals surface area contributed by atoms with Crippen LogP contribution in [0.2, 0.25) is 0 Å². The average Bonchev–Trinajstić information content (AvgIpc) is 2.61. The number of benzene rings is 2. The van der Waals surface area contributed by atoms with Gasteiger partial charge in [-0.1, -0.05) is 18.2 Å². The van der Waals surface area contributed by atoms with Crippen molar-refractivity contribution in [3.63, 3.8) is 0 Å². The van der Waals surface area contributed by atoms with Crippen LogP contribution >= 0.6 is 0 Å². The van der Waals surface area contributed by atoms with Crippen molar-refractivity contribution in [2.45, 2.75) is 0 Å². The van der Waals surface area contributed by atoms with E-state index in [0.717, 1.165) is 18.2 Å². The summed E-state index contributed by atoms with van der Waals surface area (Å²) in [6, 6.07) is 11.5. The number of rotatable bonds is 5. The zero-order valence-electron chi connectivity index (χ0n) is 12.7. The van der Waals surface area contributed by atoms with Gasteiger partial charge in [-0.05, 0) is 30.3 Å². The standard InChI is InChI=1S/C18H13FN2O3/c1-20-14-5-3-4-6-15(14)21-16(18(23)24-2)11-17(22)12-7-9-13(19)10-8-12/h3-11,21H,2H3/b16-11-. The average molecular weight is 324 g/mol. The molecule has 2 rings (SSSR count). The highest BCUT2D eigenvalue weighted by atomic mass is 19.1. The molecule has 120 valence electrons. The van der Waals surface area contributed by atoms with Gasteiger partial charge in [-0.2, -0.15) is 0 Å². The lowest BCUT2D eigenvalue weighted by atomic mass is 10.1. The van der Waals surface area contributed by atoms with E-state index in [4.69, 9.17) is 6.57 Å². The number of para-hydroxylation sites is 2. The molecular weight excluding hydrogens is 311 g/mol. The van der Waals surface area contributed by atoms with Crippen LogP contribution in [0.4, 0.5) is 15.8 Å². The van der Waals surface area contributed by atoms with Crippen molar-refractivity contribution in [2.24, 2.45) is 0 Å². The number of halogens is 1. The van der Waals surface area contributed by atoms with Gasteiger partial charge in [0.1, 0.15) is 11.5 Å². The van der Waals surface area contributed by atoms with E-state index in [-0.39, 0.29) is 11.3 Å². The van der Waals surface area contributed by atoms with Crippen LogP contribution in [0, 0.1) is 12.4 Å². The Bertz CT molecular complexity index is 836. The fourth-order valence-corrected chi connectivity index (χ4v) is 1.91. The van der Waals surface area contributed by atoms with E-state index in [2.05, 4.69) is 14.9 Å². The molecule has 0 radical (unpaired) electrons. The predicted octanol–water partition coefficient (Wildman–Crippen LogP) is 3.73. The minimum absolute atomic E-state index is 0.122. The lowest BCUT2D eigenvalue weighted by Crippen LogP contribution is -2.15. The fraction of sp³-hybridized carbons (Fsp3) is 0.0556. The Labute approximate surface area is 138 Å². The molecule has 6 heteroatoms. The van der Waals surface area contributed by atoms with Crippen molar-refractivity contribution < 1.29 is 18.7 Å². The van der Waals surface area contributed by atoms with Crippen LogP contribution < -0.4 is 5.32 Å². The van der Waals surface area contributed by atoms with Crippen LogP contribution in [-0.2, 0) is 9.53 Å². The number of hydrogen-bond acceptors (Lipinski definition) is 4. The molecule has 0 unspecified atom stereocenters. The molecule has 0 aliphatic heterocycles. The molecule has 1 N–H and O–H groups in total. The largest absolute Gasteiger partial charge is 0.464 e. The van der Waals surface area contributed by atoms with Gasteiger partial charge in [-0.3, -0.25) is 4.79 Å². The van der Waals surface area contributed by atoms with E-state index >= 15 is 0 Å². The molecule has 2 aromatic carbocycles. The van der Waals surface area contributed by atoms with E-state index < -0.39 is 17.6 Å². The van der Waals surface area contributed by atoms with Gasteiger partial charge in [-0.15, -0.1) is 0 Å². The zero-order valence-corrected chi connectivity index (χ0v) is 12.7. The maximum absolute atomic E-state index is 12.9. The summed E-state index contributed by atoms with van der Waals surface area (Å²) in [5, 5.41) is 2.74. The minimum Gasteiger partial charge on any atom is -0.464 e.